The molecule has 0 aromatic heterocycles. The first kappa shape index (κ1) is 24.1. The van der Waals surface area contributed by atoms with Gasteiger partial charge < -0.3 is 14.9 Å². The Hall–Kier alpha value is -2.13. The van der Waals surface area contributed by atoms with Crippen LogP contribution in [0.3, 0.4) is 0 Å². The number of halogens is 2. The van der Waals surface area contributed by atoms with E-state index in [0.717, 1.165) is 54.5 Å². The summed E-state index contributed by atoms with van der Waals surface area (Å²) in [5, 5.41) is 15.6. The molecule has 0 radical (unpaired) electrons. The van der Waals surface area contributed by atoms with Gasteiger partial charge in [-0.25, -0.2) is 9.59 Å². The Bertz CT molecular complexity index is 843. The van der Waals surface area contributed by atoms with Crippen molar-refractivity contribution in [1.82, 2.24) is 9.80 Å². The number of benzene rings is 2. The van der Waals surface area contributed by atoms with Gasteiger partial charge >= 0.3 is 11.9 Å². The highest BCUT2D eigenvalue weighted by atomic mass is 79.9. The van der Waals surface area contributed by atoms with Gasteiger partial charge in [0, 0.05) is 54.3 Å². The van der Waals surface area contributed by atoms with Crippen molar-refractivity contribution in [2.24, 2.45) is 0 Å². The zero-order valence-electron chi connectivity index (χ0n) is 16.6. The highest BCUT2D eigenvalue weighted by Gasteiger charge is 2.18. The third-order valence-electron chi connectivity index (χ3n) is 4.60. The van der Waals surface area contributed by atoms with Crippen LogP contribution in [0, 0.1) is 0 Å². The molecule has 162 valence electrons. The van der Waals surface area contributed by atoms with Crippen LogP contribution in [0.5, 0.6) is 5.75 Å². The molecule has 0 atom stereocenters. The molecule has 9 heteroatoms. The van der Waals surface area contributed by atoms with E-state index in [1.165, 1.54) is 11.1 Å². The van der Waals surface area contributed by atoms with E-state index in [0.29, 0.717) is 0 Å². The van der Waals surface area contributed by atoms with Crippen LogP contribution >= 0.6 is 27.5 Å². The summed E-state index contributed by atoms with van der Waals surface area (Å²) >= 11 is 9.50. The summed E-state index contributed by atoms with van der Waals surface area (Å²) in [6.07, 6.45) is 0. The quantitative estimate of drug-likeness (QED) is 0.608. The third kappa shape index (κ3) is 7.95. The molecule has 2 aromatic carbocycles. The van der Waals surface area contributed by atoms with Crippen LogP contribution in [-0.2, 0) is 22.7 Å². The molecule has 0 bridgehead atoms. The van der Waals surface area contributed by atoms with Crippen LogP contribution in [0.25, 0.3) is 0 Å². The lowest BCUT2D eigenvalue weighted by Gasteiger charge is -2.35. The van der Waals surface area contributed by atoms with Gasteiger partial charge in [0.05, 0.1) is 7.11 Å². The monoisotopic (exact) mass is 498 g/mol. The highest BCUT2D eigenvalue weighted by molar-refractivity contribution is 9.10. The van der Waals surface area contributed by atoms with E-state index >= 15 is 0 Å². The number of carboxylic acid groups (broad SMARTS) is 2. The van der Waals surface area contributed by atoms with Crippen molar-refractivity contribution < 1.29 is 24.5 Å². The SMILES string of the molecule is COc1ccc(Br)cc1CN1CCN(Cc2ccc(Cl)cc2)CC1.O=C(O)C(=O)O. The molecule has 0 aliphatic carbocycles. The maximum absolute atomic E-state index is 9.10. The lowest BCUT2D eigenvalue weighted by Crippen LogP contribution is -2.45. The molecule has 7 nitrogen and oxygen atoms in total. The second-order valence-electron chi connectivity index (χ2n) is 6.75. The van der Waals surface area contributed by atoms with Crippen molar-refractivity contribution in [3.8, 4) is 5.75 Å². The molecule has 0 saturated carbocycles. The molecule has 30 heavy (non-hydrogen) atoms. The Morgan fingerprint density at radius 2 is 1.50 bits per heavy atom. The summed E-state index contributed by atoms with van der Waals surface area (Å²) in [6.45, 7) is 6.23. The molecule has 1 fully saturated rings. The smallest absolute Gasteiger partial charge is 0.414 e. The van der Waals surface area contributed by atoms with Crippen molar-refractivity contribution in [1.29, 1.82) is 0 Å². The first-order valence-electron chi connectivity index (χ1n) is 9.26. The standard InChI is InChI=1S/C19H22BrClN2O.C2H2O4/c1-24-19-7-4-17(20)12-16(19)14-23-10-8-22(9-11-23)13-15-2-5-18(21)6-3-15;3-1(4)2(5)6/h2-7,12H,8-11,13-14H2,1H3;(H,3,4)(H,5,6). The van der Waals surface area contributed by atoms with Crippen molar-refractivity contribution in [2.45, 2.75) is 13.1 Å². The minimum absolute atomic E-state index is 0.798. The molecular formula is C21H24BrClN2O5. The number of methoxy groups -OCH3 is 1. The molecule has 0 spiro atoms. The molecule has 2 aromatic rings. The van der Waals surface area contributed by atoms with Gasteiger partial charge in [-0.1, -0.05) is 39.7 Å². The van der Waals surface area contributed by atoms with Crippen LogP contribution in [0.2, 0.25) is 5.02 Å². The van der Waals surface area contributed by atoms with Gasteiger partial charge in [0.1, 0.15) is 5.75 Å². The van der Waals surface area contributed by atoms with Crippen molar-refractivity contribution in [2.75, 3.05) is 33.3 Å². The number of ether oxygens (including phenoxy) is 1. The maximum Gasteiger partial charge on any atom is 0.414 e. The molecule has 1 saturated heterocycles. The van der Waals surface area contributed by atoms with Crippen molar-refractivity contribution in [3.05, 3.63) is 63.1 Å². The largest absolute Gasteiger partial charge is 0.496 e. The minimum atomic E-state index is -1.82. The van der Waals surface area contributed by atoms with E-state index in [1.54, 1.807) is 7.11 Å². The average molecular weight is 500 g/mol. The van der Waals surface area contributed by atoms with Gasteiger partial charge in [0.15, 0.2) is 0 Å². The first-order chi connectivity index (χ1) is 14.3. The van der Waals surface area contributed by atoms with Gasteiger partial charge in [-0.05, 0) is 35.9 Å². The number of carboxylic acids is 2. The fraction of sp³-hybridized carbons (Fsp3) is 0.333. The lowest BCUT2D eigenvalue weighted by molar-refractivity contribution is -0.159. The van der Waals surface area contributed by atoms with Crippen LogP contribution in [0.4, 0.5) is 0 Å². The van der Waals surface area contributed by atoms with Gasteiger partial charge in [-0.3, -0.25) is 9.80 Å². The van der Waals surface area contributed by atoms with E-state index in [2.05, 4.69) is 43.9 Å². The molecule has 1 heterocycles. The number of aliphatic carboxylic acids is 2. The summed E-state index contributed by atoms with van der Waals surface area (Å²) in [7, 11) is 1.73. The number of nitrogens with zero attached hydrogens (tertiary/aromatic N) is 2. The van der Waals surface area contributed by atoms with Gasteiger partial charge in [-0.2, -0.15) is 0 Å². The molecule has 0 amide bonds. The van der Waals surface area contributed by atoms with Crippen LogP contribution in [-0.4, -0.2) is 65.2 Å². The Morgan fingerprint density at radius 3 is 2.00 bits per heavy atom. The molecule has 1 aliphatic heterocycles. The number of hydrogen-bond donors (Lipinski definition) is 2. The summed E-state index contributed by atoms with van der Waals surface area (Å²) in [5.41, 5.74) is 2.56. The lowest BCUT2D eigenvalue weighted by atomic mass is 10.1. The molecular weight excluding hydrogens is 476 g/mol. The Morgan fingerprint density at radius 1 is 0.967 bits per heavy atom. The second kappa shape index (κ2) is 11.9. The van der Waals surface area contributed by atoms with Crippen molar-refractivity contribution in [3.63, 3.8) is 0 Å². The Labute approximate surface area is 188 Å². The van der Waals surface area contributed by atoms with E-state index in [-0.39, 0.29) is 0 Å². The maximum atomic E-state index is 9.10. The summed E-state index contributed by atoms with van der Waals surface area (Å²) in [4.78, 5) is 23.2. The van der Waals surface area contributed by atoms with E-state index in [9.17, 15) is 0 Å². The first-order valence-corrected chi connectivity index (χ1v) is 10.4. The van der Waals surface area contributed by atoms with Crippen molar-refractivity contribution >= 4 is 39.5 Å². The summed E-state index contributed by atoms with van der Waals surface area (Å²) in [5.74, 6) is -2.69. The fourth-order valence-electron chi connectivity index (χ4n) is 3.07. The summed E-state index contributed by atoms with van der Waals surface area (Å²) < 4.78 is 6.58. The number of piperazine rings is 1. The molecule has 2 N–H and O–H groups in total. The van der Waals surface area contributed by atoms with Gasteiger partial charge in [0.25, 0.3) is 0 Å². The normalized spacial score (nSPS) is 14.5. The predicted octanol–water partition coefficient (Wildman–Crippen LogP) is 3.58. The number of rotatable bonds is 5. The van der Waals surface area contributed by atoms with Crippen LogP contribution in [0.1, 0.15) is 11.1 Å². The zero-order valence-corrected chi connectivity index (χ0v) is 18.9. The van der Waals surface area contributed by atoms with Gasteiger partial charge in [-0.15, -0.1) is 0 Å². The van der Waals surface area contributed by atoms with E-state index in [4.69, 9.17) is 36.1 Å². The predicted molar refractivity (Wildman–Crippen MR) is 118 cm³/mol. The zero-order chi connectivity index (χ0) is 22.1. The highest BCUT2D eigenvalue weighted by Crippen LogP contribution is 2.25. The Kier molecular flexibility index (Phi) is 9.58. The van der Waals surface area contributed by atoms with Crippen LogP contribution < -0.4 is 4.74 Å². The molecule has 1 aliphatic rings. The summed E-state index contributed by atoms with van der Waals surface area (Å²) in [6, 6.07) is 14.4. The topological polar surface area (TPSA) is 90.3 Å². The van der Waals surface area contributed by atoms with E-state index < -0.39 is 11.9 Å². The molecule has 0 unspecified atom stereocenters. The Balaban J connectivity index is 0.000000469. The van der Waals surface area contributed by atoms with E-state index in [1.807, 2.05) is 24.3 Å². The fourth-order valence-corrected chi connectivity index (χ4v) is 3.60. The molecule has 3 rings (SSSR count). The second-order valence-corrected chi connectivity index (χ2v) is 8.10. The average Bonchev–Trinajstić information content (AvgIpc) is 2.72. The third-order valence-corrected chi connectivity index (χ3v) is 5.35. The number of carbonyl (C=O) groups is 2. The minimum Gasteiger partial charge on any atom is -0.496 e. The number of hydrogen-bond acceptors (Lipinski definition) is 5. The van der Waals surface area contributed by atoms with Crippen LogP contribution in [0.15, 0.2) is 46.9 Å². The van der Waals surface area contributed by atoms with Gasteiger partial charge in [0.2, 0.25) is 0 Å².